The molecule has 0 unspecified atom stereocenters. The zero-order valence-corrected chi connectivity index (χ0v) is 13.2. The van der Waals surface area contributed by atoms with Gasteiger partial charge in [-0.2, -0.15) is 5.26 Å². The normalized spacial score (nSPS) is 16.1. The van der Waals surface area contributed by atoms with Crippen molar-refractivity contribution in [2.45, 2.75) is 31.8 Å². The van der Waals surface area contributed by atoms with Gasteiger partial charge in [0, 0.05) is 11.0 Å². The summed E-state index contributed by atoms with van der Waals surface area (Å²) in [5.74, 6) is 0.820. The fourth-order valence-corrected chi connectivity index (χ4v) is 2.48. The maximum Gasteiger partial charge on any atom is 0.154 e. The minimum absolute atomic E-state index is 0.523. The maximum absolute atomic E-state index is 9.08. The van der Waals surface area contributed by atoms with Crippen molar-refractivity contribution in [1.29, 1.82) is 5.26 Å². The molecular weight excluding hydrogens is 320 g/mol. The van der Waals surface area contributed by atoms with Crippen molar-refractivity contribution in [2.24, 2.45) is 0 Å². The summed E-state index contributed by atoms with van der Waals surface area (Å²) in [6, 6.07) is 8.15. The summed E-state index contributed by atoms with van der Waals surface area (Å²) in [6.07, 6.45) is 2.79. The van der Waals surface area contributed by atoms with Crippen LogP contribution >= 0.6 is 15.9 Å². The van der Waals surface area contributed by atoms with Crippen LogP contribution in [0.15, 0.2) is 22.7 Å². The van der Waals surface area contributed by atoms with E-state index in [0.717, 1.165) is 35.2 Å². The number of halogens is 1. The van der Waals surface area contributed by atoms with Crippen LogP contribution < -0.4 is 10.1 Å². The summed E-state index contributed by atoms with van der Waals surface area (Å²) in [7, 11) is 0. The summed E-state index contributed by atoms with van der Waals surface area (Å²) in [5.41, 5.74) is 0.419. The van der Waals surface area contributed by atoms with E-state index in [9.17, 15) is 0 Å². The first-order valence-electron chi connectivity index (χ1n) is 6.90. The van der Waals surface area contributed by atoms with Crippen molar-refractivity contribution in [3.05, 3.63) is 22.7 Å². The van der Waals surface area contributed by atoms with Crippen LogP contribution in [0.25, 0.3) is 0 Å². The molecule has 0 aromatic heterocycles. The lowest BCUT2D eigenvalue weighted by Crippen LogP contribution is -2.39. The Bertz CT molecular complexity index is 495. The molecule has 0 atom stereocenters. The Morgan fingerprint density at radius 1 is 1.45 bits per heavy atom. The van der Waals surface area contributed by atoms with Crippen LogP contribution in [0, 0.1) is 11.3 Å². The lowest BCUT2D eigenvalue weighted by atomic mass is 9.81. The highest BCUT2D eigenvalue weighted by Gasteiger charge is 2.38. The summed E-state index contributed by atoms with van der Waals surface area (Å²) < 4.78 is 12.3. The minimum atomic E-state index is -0.524. The summed E-state index contributed by atoms with van der Waals surface area (Å²) in [4.78, 5) is 0. The van der Waals surface area contributed by atoms with Crippen LogP contribution in [0.1, 0.15) is 26.2 Å². The molecule has 1 aliphatic carbocycles. The SMILES string of the molecule is CCOc1cc(Br)ccc1NCCOC1(C#N)CCC1. The highest BCUT2D eigenvalue weighted by molar-refractivity contribution is 9.10. The molecule has 0 bridgehead atoms. The number of anilines is 1. The van der Waals surface area contributed by atoms with Crippen molar-refractivity contribution >= 4 is 21.6 Å². The Labute approximate surface area is 128 Å². The van der Waals surface area contributed by atoms with E-state index in [0.29, 0.717) is 19.8 Å². The highest BCUT2D eigenvalue weighted by Crippen LogP contribution is 2.34. The molecule has 0 saturated heterocycles. The lowest BCUT2D eigenvalue weighted by Gasteiger charge is -2.34. The molecule has 1 N–H and O–H groups in total. The number of nitrogens with one attached hydrogen (secondary N) is 1. The third kappa shape index (κ3) is 3.65. The molecule has 2 rings (SSSR count). The van der Waals surface area contributed by atoms with Crippen molar-refractivity contribution in [3.8, 4) is 11.8 Å². The van der Waals surface area contributed by atoms with E-state index in [-0.39, 0.29) is 0 Å². The van der Waals surface area contributed by atoms with E-state index in [1.165, 1.54) is 0 Å². The summed E-state index contributed by atoms with van der Waals surface area (Å²) in [6.45, 7) is 3.76. The quantitative estimate of drug-likeness (QED) is 0.769. The van der Waals surface area contributed by atoms with E-state index < -0.39 is 5.60 Å². The number of nitriles is 1. The summed E-state index contributed by atoms with van der Waals surface area (Å²) in [5, 5.41) is 12.4. The van der Waals surface area contributed by atoms with Crippen LogP contribution in [-0.2, 0) is 4.74 Å². The Morgan fingerprint density at radius 3 is 2.85 bits per heavy atom. The summed E-state index contributed by atoms with van der Waals surface area (Å²) >= 11 is 3.43. The zero-order valence-electron chi connectivity index (χ0n) is 11.6. The van der Waals surface area contributed by atoms with Crippen molar-refractivity contribution < 1.29 is 9.47 Å². The van der Waals surface area contributed by atoms with E-state index in [2.05, 4.69) is 27.3 Å². The number of ether oxygens (including phenoxy) is 2. The molecule has 108 valence electrons. The van der Waals surface area contributed by atoms with Gasteiger partial charge in [0.05, 0.1) is 25.0 Å². The number of benzene rings is 1. The molecule has 1 aromatic rings. The van der Waals surface area contributed by atoms with Crippen LogP contribution in [0.4, 0.5) is 5.69 Å². The van der Waals surface area contributed by atoms with Crippen LogP contribution in [0.2, 0.25) is 0 Å². The van der Waals surface area contributed by atoms with Gasteiger partial charge < -0.3 is 14.8 Å². The van der Waals surface area contributed by atoms with E-state index in [4.69, 9.17) is 14.7 Å². The smallest absolute Gasteiger partial charge is 0.154 e. The van der Waals surface area contributed by atoms with E-state index in [1.54, 1.807) is 0 Å². The second kappa shape index (κ2) is 6.96. The Balaban J connectivity index is 1.83. The van der Waals surface area contributed by atoms with E-state index in [1.807, 2.05) is 25.1 Å². The maximum atomic E-state index is 9.08. The Hall–Kier alpha value is -1.25. The molecule has 20 heavy (non-hydrogen) atoms. The van der Waals surface area contributed by atoms with Gasteiger partial charge in [-0.15, -0.1) is 0 Å². The molecule has 0 aliphatic heterocycles. The van der Waals surface area contributed by atoms with Gasteiger partial charge in [0.2, 0.25) is 0 Å². The van der Waals surface area contributed by atoms with Gasteiger partial charge in [0.25, 0.3) is 0 Å². The fourth-order valence-electron chi connectivity index (χ4n) is 2.14. The third-order valence-electron chi connectivity index (χ3n) is 3.40. The van der Waals surface area contributed by atoms with Crippen molar-refractivity contribution in [1.82, 2.24) is 0 Å². The topological polar surface area (TPSA) is 54.3 Å². The van der Waals surface area contributed by atoms with Crippen molar-refractivity contribution in [3.63, 3.8) is 0 Å². The van der Waals surface area contributed by atoms with Crippen LogP contribution in [-0.4, -0.2) is 25.4 Å². The number of nitrogens with zero attached hydrogens (tertiary/aromatic N) is 1. The van der Waals surface area contributed by atoms with Crippen LogP contribution in [0.5, 0.6) is 5.75 Å². The standard InChI is InChI=1S/C15H19BrN2O2/c1-2-19-14-10-12(16)4-5-13(14)18-8-9-20-15(11-17)6-3-7-15/h4-5,10,18H,2-3,6-9H2,1H3. The average molecular weight is 339 g/mol. The number of hydrogen-bond donors (Lipinski definition) is 1. The molecule has 5 heteroatoms. The zero-order chi connectivity index (χ0) is 14.4. The van der Waals surface area contributed by atoms with Gasteiger partial charge in [-0.3, -0.25) is 0 Å². The second-order valence-electron chi connectivity index (χ2n) is 4.81. The van der Waals surface area contributed by atoms with Gasteiger partial charge >= 0.3 is 0 Å². The molecule has 1 saturated carbocycles. The Kier molecular flexibility index (Phi) is 5.27. The molecule has 0 spiro atoms. The number of hydrogen-bond acceptors (Lipinski definition) is 4. The van der Waals surface area contributed by atoms with Gasteiger partial charge in [-0.25, -0.2) is 0 Å². The van der Waals surface area contributed by atoms with Gasteiger partial charge in [0.15, 0.2) is 5.60 Å². The van der Waals surface area contributed by atoms with Crippen LogP contribution in [0.3, 0.4) is 0 Å². The number of rotatable bonds is 7. The monoisotopic (exact) mass is 338 g/mol. The minimum Gasteiger partial charge on any atom is -0.492 e. The Morgan fingerprint density at radius 2 is 2.25 bits per heavy atom. The molecular formula is C15H19BrN2O2. The molecule has 0 radical (unpaired) electrons. The van der Waals surface area contributed by atoms with Gasteiger partial charge in [-0.05, 0) is 44.4 Å². The first-order chi connectivity index (χ1) is 9.69. The van der Waals surface area contributed by atoms with E-state index >= 15 is 0 Å². The molecule has 1 fully saturated rings. The molecule has 4 nitrogen and oxygen atoms in total. The second-order valence-corrected chi connectivity index (χ2v) is 5.72. The van der Waals surface area contributed by atoms with Gasteiger partial charge in [0.1, 0.15) is 5.75 Å². The highest BCUT2D eigenvalue weighted by atomic mass is 79.9. The predicted octanol–water partition coefficient (Wildman–Crippen LogP) is 3.72. The third-order valence-corrected chi connectivity index (χ3v) is 3.90. The first-order valence-corrected chi connectivity index (χ1v) is 7.70. The molecule has 1 aliphatic rings. The lowest BCUT2D eigenvalue weighted by molar-refractivity contribution is -0.0512. The fraction of sp³-hybridized carbons (Fsp3) is 0.533. The average Bonchev–Trinajstić information content (AvgIpc) is 2.39. The molecule has 1 aromatic carbocycles. The first kappa shape index (κ1) is 15.1. The largest absolute Gasteiger partial charge is 0.492 e. The van der Waals surface area contributed by atoms with Crippen molar-refractivity contribution in [2.75, 3.05) is 25.1 Å². The molecule has 0 amide bonds. The molecule has 0 heterocycles. The predicted molar refractivity (Wildman–Crippen MR) is 81.9 cm³/mol. The van der Waals surface area contributed by atoms with Gasteiger partial charge in [-0.1, -0.05) is 15.9 Å².